The van der Waals surface area contributed by atoms with Crippen molar-refractivity contribution >= 4 is 37.9 Å². The fourth-order valence-electron chi connectivity index (χ4n) is 2.27. The number of hydrogen-bond acceptors (Lipinski definition) is 6. The van der Waals surface area contributed by atoms with E-state index < -0.39 is 10.0 Å². The standard InChI is InChI=1S/C15H18N4O3S/c1-2-23(20,21)19-9-5-8-16-15-14-13(17-10-18-15)11-6-3-4-7-12(11)22-14/h3-4,6-7,10,19H,2,5,8-9H2,1H3,(H,16,17,18). The molecule has 0 spiro atoms. The zero-order valence-corrected chi connectivity index (χ0v) is 13.6. The van der Waals surface area contributed by atoms with E-state index in [0.29, 0.717) is 30.9 Å². The van der Waals surface area contributed by atoms with E-state index in [2.05, 4.69) is 20.0 Å². The molecule has 2 heterocycles. The first kappa shape index (κ1) is 15.7. The number of benzene rings is 1. The molecule has 23 heavy (non-hydrogen) atoms. The molecule has 1 aromatic carbocycles. The Morgan fingerprint density at radius 2 is 2.00 bits per heavy atom. The number of aromatic nitrogens is 2. The van der Waals surface area contributed by atoms with E-state index in [1.165, 1.54) is 6.33 Å². The summed E-state index contributed by atoms with van der Waals surface area (Å²) < 4.78 is 31.0. The summed E-state index contributed by atoms with van der Waals surface area (Å²) in [5, 5.41) is 4.12. The van der Waals surface area contributed by atoms with Crippen LogP contribution in [-0.4, -0.2) is 37.2 Å². The maximum atomic E-state index is 11.3. The quantitative estimate of drug-likeness (QED) is 0.642. The Kier molecular flexibility index (Phi) is 4.44. The first-order chi connectivity index (χ1) is 11.1. The van der Waals surface area contributed by atoms with Gasteiger partial charge in [0.2, 0.25) is 10.0 Å². The van der Waals surface area contributed by atoms with E-state index in [0.717, 1.165) is 16.5 Å². The largest absolute Gasteiger partial charge is 0.450 e. The predicted octanol–water partition coefficient (Wildman–Crippen LogP) is 2.12. The summed E-state index contributed by atoms with van der Waals surface area (Å²) >= 11 is 0. The van der Waals surface area contributed by atoms with Crippen LogP contribution in [-0.2, 0) is 10.0 Å². The predicted molar refractivity (Wildman–Crippen MR) is 89.9 cm³/mol. The summed E-state index contributed by atoms with van der Waals surface area (Å²) in [5.41, 5.74) is 2.15. The lowest BCUT2D eigenvalue weighted by atomic mass is 10.2. The fraction of sp³-hybridized carbons (Fsp3) is 0.333. The molecule has 3 aromatic rings. The first-order valence-electron chi connectivity index (χ1n) is 7.44. The van der Waals surface area contributed by atoms with Crippen molar-refractivity contribution in [3.8, 4) is 0 Å². The molecule has 3 rings (SSSR count). The molecule has 0 saturated heterocycles. The van der Waals surface area contributed by atoms with Gasteiger partial charge >= 0.3 is 0 Å². The average Bonchev–Trinajstić information content (AvgIpc) is 2.94. The highest BCUT2D eigenvalue weighted by atomic mass is 32.2. The molecule has 2 N–H and O–H groups in total. The van der Waals surface area contributed by atoms with E-state index in [-0.39, 0.29) is 5.75 Å². The van der Waals surface area contributed by atoms with Crippen molar-refractivity contribution in [2.24, 2.45) is 0 Å². The lowest BCUT2D eigenvalue weighted by Gasteiger charge is -2.06. The van der Waals surface area contributed by atoms with Crippen molar-refractivity contribution in [1.29, 1.82) is 0 Å². The molecule has 0 atom stereocenters. The number of rotatable bonds is 7. The average molecular weight is 334 g/mol. The molecule has 0 aliphatic rings. The van der Waals surface area contributed by atoms with Gasteiger partial charge in [-0.05, 0) is 25.5 Å². The van der Waals surface area contributed by atoms with Gasteiger partial charge in [0.1, 0.15) is 17.4 Å². The Bertz CT molecular complexity index is 921. The number of sulfonamides is 1. The van der Waals surface area contributed by atoms with Crippen LogP contribution in [0.4, 0.5) is 5.82 Å². The second-order valence-corrected chi connectivity index (χ2v) is 7.17. The van der Waals surface area contributed by atoms with Crippen LogP contribution in [0.5, 0.6) is 0 Å². The van der Waals surface area contributed by atoms with Crippen molar-refractivity contribution in [2.75, 3.05) is 24.2 Å². The summed E-state index contributed by atoms with van der Waals surface area (Å²) in [6.07, 6.45) is 2.14. The molecule has 0 fully saturated rings. The van der Waals surface area contributed by atoms with Gasteiger partial charge in [0, 0.05) is 18.5 Å². The molecule has 0 aliphatic carbocycles. The monoisotopic (exact) mass is 334 g/mol. The van der Waals surface area contributed by atoms with E-state index in [1.807, 2.05) is 24.3 Å². The highest BCUT2D eigenvalue weighted by molar-refractivity contribution is 7.89. The van der Waals surface area contributed by atoms with Crippen LogP contribution in [0.1, 0.15) is 13.3 Å². The minimum atomic E-state index is -3.14. The molecular weight excluding hydrogens is 316 g/mol. The fourth-order valence-corrected chi connectivity index (χ4v) is 2.93. The molecule has 2 aromatic heterocycles. The van der Waals surface area contributed by atoms with Gasteiger partial charge in [-0.2, -0.15) is 0 Å². The molecule has 0 radical (unpaired) electrons. The van der Waals surface area contributed by atoms with Crippen LogP contribution < -0.4 is 10.0 Å². The third kappa shape index (κ3) is 3.43. The summed E-state index contributed by atoms with van der Waals surface area (Å²) in [6, 6.07) is 7.69. The molecule has 0 bridgehead atoms. The van der Waals surface area contributed by atoms with Gasteiger partial charge in [-0.15, -0.1) is 0 Å². The number of hydrogen-bond donors (Lipinski definition) is 2. The molecule has 8 heteroatoms. The molecule has 0 unspecified atom stereocenters. The Balaban J connectivity index is 1.69. The molecule has 7 nitrogen and oxygen atoms in total. The normalized spacial score (nSPS) is 12.0. The zero-order chi connectivity index (χ0) is 16.3. The Hall–Kier alpha value is -2.19. The van der Waals surface area contributed by atoms with Crippen LogP contribution in [0.3, 0.4) is 0 Å². The van der Waals surface area contributed by atoms with Crippen molar-refractivity contribution in [3.05, 3.63) is 30.6 Å². The highest BCUT2D eigenvalue weighted by Crippen LogP contribution is 2.30. The SMILES string of the molecule is CCS(=O)(=O)NCCCNc1ncnc2c1oc1ccccc12. The summed E-state index contributed by atoms with van der Waals surface area (Å²) in [7, 11) is -3.14. The van der Waals surface area contributed by atoms with Crippen LogP contribution in [0.15, 0.2) is 35.0 Å². The van der Waals surface area contributed by atoms with Gasteiger partial charge in [-0.1, -0.05) is 12.1 Å². The molecule has 0 amide bonds. The Labute approximate surface area is 134 Å². The first-order valence-corrected chi connectivity index (χ1v) is 9.09. The minimum Gasteiger partial charge on any atom is -0.450 e. The number of fused-ring (bicyclic) bond motifs is 3. The van der Waals surface area contributed by atoms with Gasteiger partial charge in [0.25, 0.3) is 0 Å². The Morgan fingerprint density at radius 3 is 2.83 bits per heavy atom. The van der Waals surface area contributed by atoms with Crippen molar-refractivity contribution in [2.45, 2.75) is 13.3 Å². The zero-order valence-electron chi connectivity index (χ0n) is 12.7. The van der Waals surface area contributed by atoms with E-state index >= 15 is 0 Å². The summed E-state index contributed by atoms with van der Waals surface area (Å²) in [4.78, 5) is 8.49. The maximum Gasteiger partial charge on any atom is 0.211 e. The van der Waals surface area contributed by atoms with E-state index in [9.17, 15) is 8.42 Å². The van der Waals surface area contributed by atoms with Crippen LogP contribution >= 0.6 is 0 Å². The lowest BCUT2D eigenvalue weighted by molar-refractivity contribution is 0.581. The molecule has 122 valence electrons. The van der Waals surface area contributed by atoms with Crippen LogP contribution in [0.25, 0.3) is 22.1 Å². The number of para-hydroxylation sites is 1. The second kappa shape index (κ2) is 6.51. The van der Waals surface area contributed by atoms with Gasteiger partial charge in [0.15, 0.2) is 11.4 Å². The van der Waals surface area contributed by atoms with Gasteiger partial charge < -0.3 is 9.73 Å². The van der Waals surface area contributed by atoms with Gasteiger partial charge in [-0.25, -0.2) is 23.1 Å². The third-order valence-corrected chi connectivity index (χ3v) is 4.91. The number of nitrogens with one attached hydrogen (secondary N) is 2. The third-order valence-electron chi connectivity index (χ3n) is 3.51. The van der Waals surface area contributed by atoms with Crippen LogP contribution in [0.2, 0.25) is 0 Å². The van der Waals surface area contributed by atoms with E-state index in [1.54, 1.807) is 6.92 Å². The smallest absolute Gasteiger partial charge is 0.211 e. The number of anilines is 1. The van der Waals surface area contributed by atoms with Crippen molar-refractivity contribution < 1.29 is 12.8 Å². The summed E-state index contributed by atoms with van der Waals surface area (Å²) in [5.74, 6) is 0.705. The molecule has 0 aliphatic heterocycles. The van der Waals surface area contributed by atoms with Gasteiger partial charge in [-0.3, -0.25) is 0 Å². The second-order valence-electron chi connectivity index (χ2n) is 5.08. The minimum absolute atomic E-state index is 0.0892. The van der Waals surface area contributed by atoms with E-state index in [4.69, 9.17) is 4.42 Å². The van der Waals surface area contributed by atoms with Gasteiger partial charge in [0.05, 0.1) is 5.75 Å². The van der Waals surface area contributed by atoms with Crippen molar-refractivity contribution in [3.63, 3.8) is 0 Å². The van der Waals surface area contributed by atoms with Crippen LogP contribution in [0, 0.1) is 0 Å². The number of nitrogens with zero attached hydrogens (tertiary/aromatic N) is 2. The van der Waals surface area contributed by atoms with Crippen molar-refractivity contribution in [1.82, 2.24) is 14.7 Å². The molecule has 0 saturated carbocycles. The number of furan rings is 1. The highest BCUT2D eigenvalue weighted by Gasteiger charge is 2.12. The topological polar surface area (TPSA) is 97.1 Å². The molecular formula is C15H18N4O3S. The Morgan fingerprint density at radius 1 is 1.17 bits per heavy atom. The maximum absolute atomic E-state index is 11.3. The summed E-state index contributed by atoms with van der Waals surface area (Å²) in [6.45, 7) is 2.58. The lowest BCUT2D eigenvalue weighted by Crippen LogP contribution is -2.27.